The molecule has 2 aliphatic rings. The van der Waals surface area contributed by atoms with Gasteiger partial charge in [0.2, 0.25) is 0 Å². The van der Waals surface area contributed by atoms with Gasteiger partial charge in [-0.05, 0) is 31.9 Å². The van der Waals surface area contributed by atoms with Crippen molar-refractivity contribution in [2.75, 3.05) is 32.6 Å². The molecule has 2 fully saturated rings. The number of carboxylic acids is 1. The summed E-state index contributed by atoms with van der Waals surface area (Å²) in [6.45, 7) is 1.67. The molecular weight excluding hydrogens is 292 g/mol. The van der Waals surface area contributed by atoms with Crippen LogP contribution in [0, 0.1) is 5.41 Å². The van der Waals surface area contributed by atoms with Gasteiger partial charge in [-0.3, -0.25) is 4.79 Å². The average Bonchev–Trinajstić information content (AvgIpc) is 2.45. The Morgan fingerprint density at radius 1 is 1.14 bits per heavy atom. The topological polar surface area (TPSA) is 87.7 Å². The van der Waals surface area contributed by atoms with Crippen molar-refractivity contribution in [1.82, 2.24) is 10.6 Å². The smallest absolute Gasteiger partial charge is 0.314 e. The van der Waals surface area contributed by atoms with Crippen molar-refractivity contribution < 1.29 is 19.4 Å². The normalized spacial score (nSPS) is 22.9. The maximum atomic E-state index is 11.9. The molecule has 3 N–H and O–H groups in total. The number of nitrogens with one attached hydrogen (secondary N) is 2. The van der Waals surface area contributed by atoms with Crippen LogP contribution in [-0.4, -0.2) is 54.4 Å². The van der Waals surface area contributed by atoms with Crippen molar-refractivity contribution in [3.8, 4) is 0 Å². The molecule has 0 aromatic carbocycles. The number of aliphatic carboxylic acids is 1. The van der Waals surface area contributed by atoms with Gasteiger partial charge in [0.25, 0.3) is 0 Å². The number of urea groups is 1. The van der Waals surface area contributed by atoms with E-state index in [1.807, 2.05) is 0 Å². The van der Waals surface area contributed by atoms with Crippen LogP contribution in [0.15, 0.2) is 0 Å². The Bertz CT molecular complexity index is 387. The summed E-state index contributed by atoms with van der Waals surface area (Å²) < 4.78 is 5.40. The van der Waals surface area contributed by atoms with Crippen molar-refractivity contribution in [2.45, 2.75) is 36.9 Å². The minimum atomic E-state index is -0.886. The Labute approximate surface area is 129 Å². The second-order valence-corrected chi connectivity index (χ2v) is 7.25. The van der Waals surface area contributed by atoms with Gasteiger partial charge < -0.3 is 20.5 Å². The third kappa shape index (κ3) is 3.83. The molecule has 0 spiro atoms. The van der Waals surface area contributed by atoms with Crippen LogP contribution in [0.3, 0.4) is 0 Å². The van der Waals surface area contributed by atoms with Crippen molar-refractivity contribution >= 4 is 23.8 Å². The first-order valence-corrected chi connectivity index (χ1v) is 8.62. The van der Waals surface area contributed by atoms with Crippen molar-refractivity contribution in [3.05, 3.63) is 0 Å². The van der Waals surface area contributed by atoms with Crippen LogP contribution in [0.25, 0.3) is 0 Å². The molecule has 7 heteroatoms. The number of amides is 2. The van der Waals surface area contributed by atoms with Crippen molar-refractivity contribution in [3.63, 3.8) is 0 Å². The molecule has 0 atom stereocenters. The van der Waals surface area contributed by atoms with Gasteiger partial charge in [0, 0.05) is 31.1 Å². The molecule has 0 unspecified atom stereocenters. The molecule has 1 aliphatic heterocycles. The van der Waals surface area contributed by atoms with E-state index >= 15 is 0 Å². The predicted molar refractivity (Wildman–Crippen MR) is 81.6 cm³/mol. The predicted octanol–water partition coefficient (Wildman–Crippen LogP) is 1.45. The number of carboxylic acid groups (broad SMARTS) is 1. The Balaban J connectivity index is 1.78. The lowest BCUT2D eigenvalue weighted by atomic mass is 9.80. The molecule has 0 aromatic heterocycles. The van der Waals surface area contributed by atoms with Crippen LogP contribution in [0.1, 0.15) is 32.1 Å². The second-order valence-electron chi connectivity index (χ2n) is 5.97. The SMILES string of the molecule is CSC1(CNC(=O)NCC2(C(=O)O)CCOCC2)CCC1. The molecule has 0 bridgehead atoms. The molecule has 2 rings (SSSR count). The lowest BCUT2D eigenvalue weighted by Crippen LogP contribution is -2.52. The summed E-state index contributed by atoms with van der Waals surface area (Å²) in [5, 5.41) is 15.0. The summed E-state index contributed by atoms with van der Waals surface area (Å²) in [5.74, 6) is -0.856. The third-order valence-electron chi connectivity index (χ3n) is 4.76. The summed E-state index contributed by atoms with van der Waals surface area (Å²) >= 11 is 1.80. The molecule has 1 aliphatic carbocycles. The highest BCUT2D eigenvalue weighted by atomic mass is 32.2. The number of thioether (sulfide) groups is 1. The Morgan fingerprint density at radius 3 is 2.24 bits per heavy atom. The lowest BCUT2D eigenvalue weighted by Gasteiger charge is -2.40. The largest absolute Gasteiger partial charge is 0.481 e. The van der Waals surface area contributed by atoms with E-state index in [1.54, 1.807) is 11.8 Å². The fourth-order valence-corrected chi connectivity index (χ4v) is 3.72. The molecule has 1 heterocycles. The Morgan fingerprint density at radius 2 is 1.76 bits per heavy atom. The van der Waals surface area contributed by atoms with E-state index in [9.17, 15) is 14.7 Å². The molecule has 1 saturated carbocycles. The molecule has 120 valence electrons. The summed E-state index contributed by atoms with van der Waals surface area (Å²) in [7, 11) is 0. The Hall–Kier alpha value is -0.950. The first-order chi connectivity index (χ1) is 10.0. The second kappa shape index (κ2) is 6.87. The monoisotopic (exact) mass is 316 g/mol. The molecule has 0 radical (unpaired) electrons. The number of carbonyl (C=O) groups excluding carboxylic acids is 1. The standard InChI is InChI=1S/C14H24N2O4S/c1-21-14(3-2-4-14)10-16-12(19)15-9-13(11(17)18)5-7-20-8-6-13/h2-10H2,1H3,(H,17,18)(H2,15,16,19). The quantitative estimate of drug-likeness (QED) is 0.690. The van der Waals surface area contributed by atoms with Crippen LogP contribution >= 0.6 is 11.8 Å². The summed E-state index contributed by atoms with van der Waals surface area (Å²) in [6.07, 6.45) is 6.43. The molecule has 0 aromatic rings. The highest BCUT2D eigenvalue weighted by Gasteiger charge is 2.41. The number of hydrogen-bond acceptors (Lipinski definition) is 4. The van der Waals surface area contributed by atoms with Gasteiger partial charge in [0.15, 0.2) is 0 Å². The van der Waals surface area contributed by atoms with Crippen LogP contribution in [0.5, 0.6) is 0 Å². The van der Waals surface area contributed by atoms with Crippen molar-refractivity contribution in [1.29, 1.82) is 0 Å². The zero-order chi connectivity index (χ0) is 15.3. The van der Waals surface area contributed by atoms with Crippen LogP contribution < -0.4 is 10.6 Å². The van der Waals surface area contributed by atoms with E-state index in [-0.39, 0.29) is 17.3 Å². The third-order valence-corrected chi connectivity index (χ3v) is 6.18. The summed E-state index contributed by atoms with van der Waals surface area (Å²) in [6, 6.07) is -0.276. The van der Waals surface area contributed by atoms with Crippen LogP contribution in [0.4, 0.5) is 4.79 Å². The van der Waals surface area contributed by atoms with E-state index < -0.39 is 11.4 Å². The van der Waals surface area contributed by atoms with Gasteiger partial charge in [-0.15, -0.1) is 0 Å². The number of rotatable bonds is 6. The number of hydrogen-bond donors (Lipinski definition) is 3. The molecule has 21 heavy (non-hydrogen) atoms. The van der Waals surface area contributed by atoms with E-state index in [1.165, 1.54) is 6.42 Å². The van der Waals surface area contributed by atoms with Gasteiger partial charge in [0.1, 0.15) is 0 Å². The minimum Gasteiger partial charge on any atom is -0.481 e. The maximum Gasteiger partial charge on any atom is 0.314 e. The number of carbonyl (C=O) groups is 2. The summed E-state index contributed by atoms with van der Waals surface area (Å²) in [5.41, 5.74) is -0.886. The highest BCUT2D eigenvalue weighted by molar-refractivity contribution is 8.00. The maximum absolute atomic E-state index is 11.9. The van der Waals surface area contributed by atoms with E-state index in [2.05, 4.69) is 16.9 Å². The zero-order valence-electron chi connectivity index (χ0n) is 12.4. The molecule has 1 saturated heterocycles. The molecule has 2 amide bonds. The average molecular weight is 316 g/mol. The fraction of sp³-hybridized carbons (Fsp3) is 0.857. The molecular formula is C14H24N2O4S. The fourth-order valence-electron chi connectivity index (χ4n) is 2.81. The van der Waals surface area contributed by atoms with Gasteiger partial charge in [-0.2, -0.15) is 11.8 Å². The van der Waals surface area contributed by atoms with E-state index in [0.29, 0.717) is 32.6 Å². The van der Waals surface area contributed by atoms with Crippen molar-refractivity contribution in [2.24, 2.45) is 5.41 Å². The summed E-state index contributed by atoms with van der Waals surface area (Å²) in [4.78, 5) is 23.4. The lowest BCUT2D eigenvalue weighted by molar-refractivity contribution is -0.154. The van der Waals surface area contributed by atoms with Crippen LogP contribution in [0.2, 0.25) is 0 Å². The minimum absolute atomic E-state index is 0.157. The van der Waals surface area contributed by atoms with E-state index in [4.69, 9.17) is 4.74 Å². The molecule has 6 nitrogen and oxygen atoms in total. The first kappa shape index (κ1) is 16.4. The first-order valence-electron chi connectivity index (χ1n) is 7.40. The van der Waals surface area contributed by atoms with Gasteiger partial charge in [-0.25, -0.2) is 4.79 Å². The van der Waals surface area contributed by atoms with Gasteiger partial charge in [-0.1, -0.05) is 6.42 Å². The number of ether oxygens (including phenoxy) is 1. The van der Waals surface area contributed by atoms with Gasteiger partial charge in [0.05, 0.1) is 5.41 Å². The zero-order valence-corrected chi connectivity index (χ0v) is 13.3. The van der Waals surface area contributed by atoms with E-state index in [0.717, 1.165) is 12.8 Å². The Kier molecular flexibility index (Phi) is 5.37. The highest BCUT2D eigenvalue weighted by Crippen LogP contribution is 2.42. The van der Waals surface area contributed by atoms with Crippen LogP contribution in [-0.2, 0) is 9.53 Å². The van der Waals surface area contributed by atoms with Gasteiger partial charge >= 0.3 is 12.0 Å².